The van der Waals surface area contributed by atoms with Gasteiger partial charge < -0.3 is 18.3 Å². The number of carbonyl (C=O) groups is 2. The Kier molecular flexibility index (Phi) is 4.19. The van der Waals surface area contributed by atoms with E-state index in [1.54, 1.807) is 53.1 Å². The van der Waals surface area contributed by atoms with E-state index in [0.717, 1.165) is 0 Å². The highest BCUT2D eigenvalue weighted by molar-refractivity contribution is 6.12. The summed E-state index contributed by atoms with van der Waals surface area (Å²) in [5, 5.41) is 0.417. The molecule has 7 nitrogen and oxygen atoms in total. The molecule has 4 aromatic rings. The molecule has 140 valence electrons. The molecule has 0 N–H and O–H groups in total. The summed E-state index contributed by atoms with van der Waals surface area (Å²) in [5.41, 5.74) is 0.787. The fraction of sp³-hybridized carbons (Fsp3) is 0.0952. The summed E-state index contributed by atoms with van der Waals surface area (Å²) in [6, 6.07) is 13.2. The van der Waals surface area contributed by atoms with Crippen LogP contribution in [0.2, 0.25) is 0 Å². The fourth-order valence-electron chi connectivity index (χ4n) is 3.28. The molecular weight excluding hydrogens is 362 g/mol. The molecule has 0 aliphatic rings. The number of rotatable bonds is 3. The number of esters is 2. The molecule has 4 rings (SSSR count). The number of carbonyl (C=O) groups excluding carboxylic acids is 2. The number of para-hydroxylation sites is 1. The molecule has 28 heavy (non-hydrogen) atoms. The zero-order valence-corrected chi connectivity index (χ0v) is 15.1. The second-order valence-electron chi connectivity index (χ2n) is 6.01. The Hall–Kier alpha value is -3.87. The Bertz CT molecular complexity index is 1300. The first-order chi connectivity index (χ1) is 13.6. The lowest BCUT2D eigenvalue weighted by Gasteiger charge is -2.07. The maximum atomic E-state index is 12.6. The standard InChI is InChI=1S/C21H15NO6/c1-26-20(24)17-13-8-5-6-10-22(13)19(18(17)21(25)27-2)16-11-14(23)12-7-3-4-9-15(12)28-16/h3-11H,1-2H3. The van der Waals surface area contributed by atoms with E-state index in [4.69, 9.17) is 13.9 Å². The molecule has 1 aromatic carbocycles. The molecule has 0 aliphatic heterocycles. The van der Waals surface area contributed by atoms with Crippen LogP contribution < -0.4 is 5.43 Å². The topological polar surface area (TPSA) is 87.2 Å². The summed E-state index contributed by atoms with van der Waals surface area (Å²) in [6.45, 7) is 0. The van der Waals surface area contributed by atoms with Crippen molar-refractivity contribution in [2.75, 3.05) is 14.2 Å². The van der Waals surface area contributed by atoms with E-state index < -0.39 is 11.9 Å². The molecule has 0 radical (unpaired) electrons. The SMILES string of the molecule is COC(=O)c1c(C(=O)OC)c2ccccn2c1-c1cc(=O)c2ccccc2o1. The van der Waals surface area contributed by atoms with Gasteiger partial charge in [0.2, 0.25) is 0 Å². The number of hydrogen-bond acceptors (Lipinski definition) is 6. The van der Waals surface area contributed by atoms with Crippen molar-refractivity contribution in [1.82, 2.24) is 4.40 Å². The van der Waals surface area contributed by atoms with Crippen LogP contribution in [0.3, 0.4) is 0 Å². The normalized spacial score (nSPS) is 10.9. The van der Waals surface area contributed by atoms with E-state index in [0.29, 0.717) is 16.5 Å². The lowest BCUT2D eigenvalue weighted by Crippen LogP contribution is -2.11. The van der Waals surface area contributed by atoms with Gasteiger partial charge in [0, 0.05) is 12.3 Å². The minimum atomic E-state index is -0.741. The molecule has 3 aromatic heterocycles. The van der Waals surface area contributed by atoms with Crippen LogP contribution in [0.25, 0.3) is 27.9 Å². The first-order valence-corrected chi connectivity index (χ1v) is 8.39. The van der Waals surface area contributed by atoms with Crippen molar-refractivity contribution in [3.63, 3.8) is 0 Å². The number of hydrogen-bond donors (Lipinski definition) is 0. The monoisotopic (exact) mass is 377 g/mol. The van der Waals surface area contributed by atoms with Crippen molar-refractivity contribution in [3.8, 4) is 11.5 Å². The van der Waals surface area contributed by atoms with Crippen LogP contribution in [0.15, 0.2) is 63.9 Å². The Morgan fingerprint density at radius 2 is 1.61 bits per heavy atom. The highest BCUT2D eigenvalue weighted by Crippen LogP contribution is 2.33. The van der Waals surface area contributed by atoms with Gasteiger partial charge in [-0.25, -0.2) is 9.59 Å². The van der Waals surface area contributed by atoms with Crippen molar-refractivity contribution in [1.29, 1.82) is 0 Å². The van der Waals surface area contributed by atoms with E-state index in [1.165, 1.54) is 20.3 Å². The largest absolute Gasteiger partial charge is 0.465 e. The summed E-state index contributed by atoms with van der Waals surface area (Å²) in [7, 11) is 2.44. The zero-order chi connectivity index (χ0) is 19.8. The molecule has 0 saturated heterocycles. The van der Waals surface area contributed by atoms with Gasteiger partial charge in [-0.15, -0.1) is 0 Å². The second kappa shape index (κ2) is 6.70. The van der Waals surface area contributed by atoms with Gasteiger partial charge in [0.1, 0.15) is 22.4 Å². The van der Waals surface area contributed by atoms with Crippen LogP contribution in [0.5, 0.6) is 0 Å². The van der Waals surface area contributed by atoms with Gasteiger partial charge in [-0.3, -0.25) is 4.79 Å². The highest BCUT2D eigenvalue weighted by Gasteiger charge is 2.31. The number of nitrogens with zero attached hydrogens (tertiary/aromatic N) is 1. The maximum Gasteiger partial charge on any atom is 0.341 e. The third kappa shape index (κ3) is 2.56. The molecule has 0 unspecified atom stereocenters. The number of pyridine rings is 1. The number of methoxy groups -OCH3 is 2. The van der Waals surface area contributed by atoms with E-state index >= 15 is 0 Å². The van der Waals surface area contributed by atoms with Crippen LogP contribution in [0.1, 0.15) is 20.7 Å². The Morgan fingerprint density at radius 1 is 0.929 bits per heavy atom. The molecule has 0 aliphatic carbocycles. The van der Waals surface area contributed by atoms with Crippen LogP contribution in [0, 0.1) is 0 Å². The number of aromatic nitrogens is 1. The van der Waals surface area contributed by atoms with Gasteiger partial charge in [-0.05, 0) is 24.3 Å². The summed E-state index contributed by atoms with van der Waals surface area (Å²) < 4.78 is 17.3. The average molecular weight is 377 g/mol. The number of fused-ring (bicyclic) bond motifs is 2. The second-order valence-corrected chi connectivity index (χ2v) is 6.01. The lowest BCUT2D eigenvalue weighted by molar-refractivity contribution is 0.0558. The highest BCUT2D eigenvalue weighted by atomic mass is 16.5. The molecule has 0 saturated carbocycles. The summed E-state index contributed by atoms with van der Waals surface area (Å²) in [6.07, 6.45) is 1.67. The Labute approximate surface area is 158 Å². The van der Waals surface area contributed by atoms with Crippen LogP contribution in [-0.4, -0.2) is 30.6 Å². The first-order valence-electron chi connectivity index (χ1n) is 8.39. The predicted molar refractivity (Wildman–Crippen MR) is 102 cm³/mol. The molecule has 0 spiro atoms. The third-order valence-electron chi connectivity index (χ3n) is 4.49. The van der Waals surface area contributed by atoms with E-state index in [2.05, 4.69) is 0 Å². The number of benzene rings is 1. The first kappa shape index (κ1) is 17.5. The zero-order valence-electron chi connectivity index (χ0n) is 15.1. The molecule has 0 atom stereocenters. The van der Waals surface area contributed by atoms with Crippen molar-refractivity contribution in [2.24, 2.45) is 0 Å². The van der Waals surface area contributed by atoms with Crippen molar-refractivity contribution in [3.05, 3.63) is 76.1 Å². The van der Waals surface area contributed by atoms with Crippen LogP contribution in [0.4, 0.5) is 0 Å². The Balaban J connectivity index is 2.17. The van der Waals surface area contributed by atoms with E-state index in [9.17, 15) is 14.4 Å². The van der Waals surface area contributed by atoms with Gasteiger partial charge in [-0.2, -0.15) is 0 Å². The van der Waals surface area contributed by atoms with E-state index in [1.807, 2.05) is 0 Å². The Morgan fingerprint density at radius 3 is 2.36 bits per heavy atom. The van der Waals surface area contributed by atoms with Gasteiger partial charge in [0.25, 0.3) is 0 Å². The van der Waals surface area contributed by atoms with Gasteiger partial charge in [0.15, 0.2) is 11.2 Å². The molecule has 3 heterocycles. The predicted octanol–water partition coefficient (Wildman–Crippen LogP) is 3.29. The van der Waals surface area contributed by atoms with Gasteiger partial charge in [-0.1, -0.05) is 18.2 Å². The van der Waals surface area contributed by atoms with Crippen LogP contribution in [-0.2, 0) is 9.47 Å². The molecule has 0 amide bonds. The quantitative estimate of drug-likeness (QED) is 0.509. The molecule has 7 heteroatoms. The maximum absolute atomic E-state index is 12.6. The lowest BCUT2D eigenvalue weighted by atomic mass is 10.1. The minimum absolute atomic E-state index is 0.0287. The fourth-order valence-corrected chi connectivity index (χ4v) is 3.28. The number of ether oxygens (including phenoxy) is 2. The summed E-state index contributed by atoms with van der Waals surface area (Å²) >= 11 is 0. The van der Waals surface area contributed by atoms with Gasteiger partial charge in [0.05, 0.1) is 25.1 Å². The van der Waals surface area contributed by atoms with Crippen LogP contribution >= 0.6 is 0 Å². The average Bonchev–Trinajstić information content (AvgIpc) is 3.07. The van der Waals surface area contributed by atoms with Crippen molar-refractivity contribution >= 4 is 28.4 Å². The third-order valence-corrected chi connectivity index (χ3v) is 4.49. The van der Waals surface area contributed by atoms with Gasteiger partial charge >= 0.3 is 11.9 Å². The van der Waals surface area contributed by atoms with Crippen molar-refractivity contribution < 1.29 is 23.5 Å². The molecule has 0 fully saturated rings. The summed E-state index contributed by atoms with van der Waals surface area (Å²) in [5.74, 6) is -1.30. The summed E-state index contributed by atoms with van der Waals surface area (Å²) in [4.78, 5) is 37.6. The van der Waals surface area contributed by atoms with Crippen molar-refractivity contribution in [2.45, 2.75) is 0 Å². The minimum Gasteiger partial charge on any atom is -0.465 e. The molecule has 0 bridgehead atoms. The smallest absolute Gasteiger partial charge is 0.341 e. The molecular formula is C21H15NO6. The van der Waals surface area contributed by atoms with E-state index in [-0.39, 0.29) is 28.0 Å².